The lowest BCUT2D eigenvalue weighted by Gasteiger charge is -2.11. The van der Waals surface area contributed by atoms with Crippen molar-refractivity contribution in [2.24, 2.45) is 10.2 Å². The van der Waals surface area contributed by atoms with Gasteiger partial charge in [0.2, 0.25) is 5.88 Å². The van der Waals surface area contributed by atoms with Crippen LogP contribution in [0.5, 0.6) is 5.88 Å². The second-order valence-corrected chi connectivity index (χ2v) is 6.32. The van der Waals surface area contributed by atoms with Gasteiger partial charge in [0.15, 0.2) is 5.69 Å². The summed E-state index contributed by atoms with van der Waals surface area (Å²) in [4.78, 5) is 24.2. The molecule has 1 N–H and O–H groups in total. The van der Waals surface area contributed by atoms with E-state index in [-0.39, 0.29) is 42.5 Å². The Morgan fingerprint density at radius 1 is 1.16 bits per heavy atom. The van der Waals surface area contributed by atoms with Crippen LogP contribution < -0.4 is 5.56 Å². The average molecular weight is 428 g/mol. The van der Waals surface area contributed by atoms with E-state index in [1.165, 1.54) is 19.1 Å². The fourth-order valence-corrected chi connectivity index (χ4v) is 2.64. The number of azo groups is 1. The minimum Gasteiger partial charge on any atom is -0.493 e. The van der Waals surface area contributed by atoms with Crippen molar-refractivity contribution in [2.45, 2.75) is 20.4 Å². The fourth-order valence-electron chi connectivity index (χ4n) is 2.64. The van der Waals surface area contributed by atoms with Crippen LogP contribution in [0.2, 0.25) is 0 Å². The fraction of sp³-hybridized carbons (Fsp3) is 0.381. The zero-order chi connectivity index (χ0) is 22.8. The first-order valence-electron chi connectivity index (χ1n) is 9.56. The Kier molecular flexibility index (Phi) is 8.87. The molecule has 164 valence electrons. The quantitative estimate of drug-likeness (QED) is 0.349. The van der Waals surface area contributed by atoms with Gasteiger partial charge in [-0.05, 0) is 38.1 Å². The average Bonchev–Trinajstić information content (AvgIpc) is 2.77. The molecule has 0 aliphatic heterocycles. The molecular weight excluding hydrogens is 404 g/mol. The zero-order valence-electron chi connectivity index (χ0n) is 17.6. The molecule has 2 rings (SSSR count). The molecule has 0 unspecified atom stereocenters. The van der Waals surface area contributed by atoms with Gasteiger partial charge >= 0.3 is 5.97 Å². The zero-order valence-corrected chi connectivity index (χ0v) is 17.6. The van der Waals surface area contributed by atoms with Crippen molar-refractivity contribution in [1.82, 2.24) is 4.57 Å². The van der Waals surface area contributed by atoms with Crippen molar-refractivity contribution in [3.8, 4) is 11.9 Å². The second kappa shape index (κ2) is 11.6. The van der Waals surface area contributed by atoms with Gasteiger partial charge in [-0.3, -0.25) is 9.36 Å². The van der Waals surface area contributed by atoms with E-state index in [2.05, 4.69) is 10.2 Å². The van der Waals surface area contributed by atoms with Gasteiger partial charge in [0.25, 0.3) is 5.56 Å². The number of aromatic nitrogens is 1. The summed E-state index contributed by atoms with van der Waals surface area (Å²) in [6.45, 7) is 4.66. The number of methoxy groups -OCH3 is 1. The molecule has 2 aromatic rings. The van der Waals surface area contributed by atoms with Crippen molar-refractivity contribution in [3.05, 3.63) is 51.3 Å². The number of ether oxygens (including phenoxy) is 3. The third-order valence-electron chi connectivity index (χ3n) is 4.35. The second-order valence-electron chi connectivity index (χ2n) is 6.32. The largest absolute Gasteiger partial charge is 0.493 e. The van der Waals surface area contributed by atoms with Gasteiger partial charge in [0, 0.05) is 19.2 Å². The van der Waals surface area contributed by atoms with Crippen molar-refractivity contribution in [3.63, 3.8) is 0 Å². The smallest absolute Gasteiger partial charge is 0.338 e. The van der Waals surface area contributed by atoms with Crippen LogP contribution in [0.25, 0.3) is 0 Å². The molecule has 0 bridgehead atoms. The van der Waals surface area contributed by atoms with E-state index >= 15 is 0 Å². The Bertz CT molecular complexity index is 1040. The van der Waals surface area contributed by atoms with Crippen molar-refractivity contribution in [1.29, 1.82) is 5.26 Å². The molecule has 0 aliphatic rings. The number of nitrogens with zero attached hydrogens (tertiary/aromatic N) is 4. The lowest BCUT2D eigenvalue weighted by Crippen LogP contribution is -2.23. The van der Waals surface area contributed by atoms with Gasteiger partial charge in [-0.25, -0.2) is 4.79 Å². The summed E-state index contributed by atoms with van der Waals surface area (Å²) in [5.74, 6) is -0.860. The topological polar surface area (TPSA) is 136 Å². The van der Waals surface area contributed by atoms with Crippen LogP contribution in [0.1, 0.15) is 28.4 Å². The molecule has 0 amide bonds. The van der Waals surface area contributed by atoms with Gasteiger partial charge in [-0.2, -0.15) is 10.4 Å². The van der Waals surface area contributed by atoms with Crippen molar-refractivity contribution in [2.75, 3.05) is 33.5 Å². The van der Waals surface area contributed by atoms with Crippen LogP contribution in [-0.4, -0.2) is 49.2 Å². The van der Waals surface area contributed by atoms with Gasteiger partial charge in [-0.1, -0.05) is 0 Å². The van der Waals surface area contributed by atoms with Crippen LogP contribution in [-0.2, 0) is 20.8 Å². The monoisotopic (exact) mass is 428 g/mol. The Morgan fingerprint density at radius 2 is 1.84 bits per heavy atom. The molecule has 1 aromatic heterocycles. The lowest BCUT2D eigenvalue weighted by atomic mass is 10.1. The van der Waals surface area contributed by atoms with Gasteiger partial charge in [0.1, 0.15) is 18.2 Å². The maximum absolute atomic E-state index is 12.2. The molecular formula is C21H24N4O6. The first-order chi connectivity index (χ1) is 14.9. The third kappa shape index (κ3) is 5.97. The highest BCUT2D eigenvalue weighted by Crippen LogP contribution is 2.32. The van der Waals surface area contributed by atoms with E-state index in [0.717, 1.165) is 4.57 Å². The number of aromatic hydroxyl groups is 1. The molecule has 1 heterocycles. The SMILES string of the molecule is CCn1c(O)c(/N=N/c2ccc(C(=O)OCCOCCOC)cc2)c(C)c(C#N)c1=O. The van der Waals surface area contributed by atoms with Gasteiger partial charge in [0.05, 0.1) is 31.1 Å². The highest BCUT2D eigenvalue weighted by molar-refractivity contribution is 5.89. The van der Waals surface area contributed by atoms with E-state index in [1.54, 1.807) is 26.2 Å². The van der Waals surface area contributed by atoms with E-state index in [0.29, 0.717) is 24.5 Å². The van der Waals surface area contributed by atoms with Gasteiger partial charge < -0.3 is 19.3 Å². The number of hydrogen-bond donors (Lipinski definition) is 1. The predicted octanol–water partition coefficient (Wildman–Crippen LogP) is 2.99. The maximum atomic E-state index is 12.2. The van der Waals surface area contributed by atoms with Crippen molar-refractivity contribution >= 4 is 17.3 Å². The molecule has 31 heavy (non-hydrogen) atoms. The van der Waals surface area contributed by atoms with E-state index in [4.69, 9.17) is 14.2 Å². The van der Waals surface area contributed by atoms with E-state index in [9.17, 15) is 20.0 Å². The van der Waals surface area contributed by atoms with Crippen LogP contribution in [0.15, 0.2) is 39.3 Å². The number of rotatable bonds is 10. The molecule has 10 heteroatoms. The lowest BCUT2D eigenvalue weighted by molar-refractivity contribution is 0.0214. The van der Waals surface area contributed by atoms with Crippen LogP contribution in [0, 0.1) is 18.3 Å². The third-order valence-corrected chi connectivity index (χ3v) is 4.35. The van der Waals surface area contributed by atoms with Crippen molar-refractivity contribution < 1.29 is 24.1 Å². The number of esters is 1. The summed E-state index contributed by atoms with van der Waals surface area (Å²) in [5, 5.41) is 27.6. The summed E-state index contributed by atoms with van der Waals surface area (Å²) >= 11 is 0. The summed E-state index contributed by atoms with van der Waals surface area (Å²) in [5.41, 5.74) is 0.345. The highest BCUT2D eigenvalue weighted by atomic mass is 16.6. The summed E-state index contributed by atoms with van der Waals surface area (Å²) in [7, 11) is 1.57. The normalized spacial score (nSPS) is 10.9. The highest BCUT2D eigenvalue weighted by Gasteiger charge is 2.18. The molecule has 0 fully saturated rings. The van der Waals surface area contributed by atoms with Gasteiger partial charge in [-0.15, -0.1) is 5.11 Å². The first-order valence-corrected chi connectivity index (χ1v) is 9.56. The summed E-state index contributed by atoms with van der Waals surface area (Å²) in [6.07, 6.45) is 0. The number of nitriles is 1. The predicted molar refractivity (Wildman–Crippen MR) is 111 cm³/mol. The van der Waals surface area contributed by atoms with Crippen LogP contribution in [0.3, 0.4) is 0 Å². The molecule has 1 aromatic carbocycles. The van der Waals surface area contributed by atoms with E-state index < -0.39 is 11.5 Å². The summed E-state index contributed by atoms with van der Waals surface area (Å²) in [6, 6.07) is 8.02. The molecule has 0 radical (unpaired) electrons. The number of carbonyl (C=O) groups is 1. The van der Waals surface area contributed by atoms with E-state index in [1.807, 2.05) is 6.07 Å². The number of carbonyl (C=O) groups excluding carboxylic acids is 1. The maximum Gasteiger partial charge on any atom is 0.338 e. The summed E-state index contributed by atoms with van der Waals surface area (Å²) < 4.78 is 16.2. The Labute approximate surface area is 179 Å². The Balaban J connectivity index is 2.09. The first kappa shape index (κ1) is 23.7. The minimum absolute atomic E-state index is 0.0370. The van der Waals surface area contributed by atoms with Crippen LogP contribution >= 0.6 is 0 Å². The number of pyridine rings is 1. The number of hydrogen-bond acceptors (Lipinski definition) is 9. The molecule has 0 spiro atoms. The minimum atomic E-state index is -0.578. The standard InChI is InChI=1S/C21H24N4O6/c1-4-25-19(26)17(13-22)14(2)18(20(25)27)24-23-16-7-5-15(6-8-16)21(28)31-12-11-30-10-9-29-3/h5-8,27H,4,9-12H2,1-3H3/b24-23+. The molecule has 0 saturated carbocycles. The Morgan fingerprint density at radius 3 is 2.45 bits per heavy atom. The molecule has 0 atom stereocenters. The molecule has 10 nitrogen and oxygen atoms in total. The Hall–Kier alpha value is -3.55. The number of benzene rings is 1. The van der Waals surface area contributed by atoms with Crippen LogP contribution in [0.4, 0.5) is 11.4 Å². The molecule has 0 aliphatic carbocycles. The molecule has 0 saturated heterocycles.